The SMILES string of the molecule is CCCCOC(=O)C[C@](O)(CCCC(C)(C)O)C(=O)OC1C(OC)=CC23CCCN2CCc2cc4c(cc2[C@H]13)OCO4. The Kier molecular flexibility index (Phi) is 8.79. The highest BCUT2D eigenvalue weighted by Gasteiger charge is 2.59. The fourth-order valence-electron chi connectivity index (χ4n) is 7.02. The minimum absolute atomic E-state index is 0.0609. The molecule has 1 fully saturated rings. The number of methoxy groups -OCH3 is 1. The molecule has 3 aliphatic heterocycles. The van der Waals surface area contributed by atoms with E-state index in [4.69, 9.17) is 23.7 Å². The van der Waals surface area contributed by atoms with Crippen LogP contribution in [-0.4, -0.2) is 83.5 Å². The van der Waals surface area contributed by atoms with Gasteiger partial charge in [0.25, 0.3) is 0 Å². The van der Waals surface area contributed by atoms with Gasteiger partial charge in [-0.15, -0.1) is 0 Å². The summed E-state index contributed by atoms with van der Waals surface area (Å²) in [4.78, 5) is 29.2. The molecule has 232 valence electrons. The molecule has 0 bridgehead atoms. The molecule has 0 radical (unpaired) electrons. The van der Waals surface area contributed by atoms with Gasteiger partial charge in [-0.1, -0.05) is 13.3 Å². The Morgan fingerprint density at radius 1 is 1.12 bits per heavy atom. The summed E-state index contributed by atoms with van der Waals surface area (Å²) in [7, 11) is 1.56. The third kappa shape index (κ3) is 5.98. The van der Waals surface area contributed by atoms with Gasteiger partial charge in [0, 0.05) is 6.54 Å². The van der Waals surface area contributed by atoms with E-state index in [0.29, 0.717) is 36.5 Å². The van der Waals surface area contributed by atoms with Crippen molar-refractivity contribution in [1.29, 1.82) is 0 Å². The maximum absolute atomic E-state index is 14.0. The van der Waals surface area contributed by atoms with Gasteiger partial charge in [0.1, 0.15) is 5.76 Å². The second kappa shape index (κ2) is 12.1. The van der Waals surface area contributed by atoms with Crippen molar-refractivity contribution in [2.75, 3.05) is 33.6 Å². The molecule has 0 amide bonds. The molecule has 10 heteroatoms. The zero-order chi connectivity index (χ0) is 30.1. The Morgan fingerprint density at radius 2 is 1.88 bits per heavy atom. The minimum Gasteiger partial charge on any atom is -0.497 e. The maximum Gasteiger partial charge on any atom is 0.339 e. The molecule has 0 saturated carbocycles. The first-order valence-electron chi connectivity index (χ1n) is 15.3. The van der Waals surface area contributed by atoms with Crippen LogP contribution in [0.5, 0.6) is 11.5 Å². The molecule has 3 heterocycles. The number of ether oxygens (including phenoxy) is 5. The molecule has 1 aromatic carbocycles. The van der Waals surface area contributed by atoms with Crippen molar-refractivity contribution in [3.05, 3.63) is 35.1 Å². The molecule has 42 heavy (non-hydrogen) atoms. The first kappa shape index (κ1) is 30.6. The van der Waals surface area contributed by atoms with E-state index in [9.17, 15) is 19.8 Å². The standard InChI is InChI=1S/C32H45NO9/c1-5-6-15-39-26(34)19-32(37,12-7-10-30(2,3)36)29(35)42-28-25(38-4)18-31-11-8-13-33(31)14-9-21-16-23-24(41-20-40-23)17-22(21)27(28)31/h16-18,27-28,36-37H,5-15,19-20H2,1-4H3/t27-,28?,31?,32-/m1/s1. The number of benzene rings is 1. The number of rotatable bonds is 12. The third-order valence-electron chi connectivity index (χ3n) is 9.15. The van der Waals surface area contributed by atoms with Crippen LogP contribution >= 0.6 is 0 Å². The van der Waals surface area contributed by atoms with E-state index in [1.807, 2.05) is 19.1 Å². The van der Waals surface area contributed by atoms with E-state index in [-0.39, 0.29) is 25.7 Å². The van der Waals surface area contributed by atoms with Crippen molar-refractivity contribution in [3.8, 4) is 11.5 Å². The van der Waals surface area contributed by atoms with Crippen molar-refractivity contribution in [2.24, 2.45) is 0 Å². The highest BCUT2D eigenvalue weighted by Crippen LogP contribution is 2.55. The number of carbonyl (C=O) groups is 2. The van der Waals surface area contributed by atoms with E-state index in [2.05, 4.69) is 11.0 Å². The number of aliphatic hydroxyl groups is 2. The monoisotopic (exact) mass is 587 g/mol. The quantitative estimate of drug-likeness (QED) is 0.276. The van der Waals surface area contributed by atoms with Crippen molar-refractivity contribution in [1.82, 2.24) is 4.90 Å². The van der Waals surface area contributed by atoms with Crippen molar-refractivity contribution < 1.29 is 43.5 Å². The summed E-state index contributed by atoms with van der Waals surface area (Å²) in [6, 6.07) is 4.02. The molecule has 4 aliphatic rings. The molecule has 2 unspecified atom stereocenters. The van der Waals surface area contributed by atoms with Gasteiger partial charge >= 0.3 is 11.9 Å². The second-order valence-electron chi connectivity index (χ2n) is 12.7. The van der Waals surface area contributed by atoms with Crippen LogP contribution in [0, 0.1) is 0 Å². The van der Waals surface area contributed by atoms with Crippen LogP contribution in [0.1, 0.15) is 89.2 Å². The molecule has 4 atom stereocenters. The van der Waals surface area contributed by atoms with Crippen LogP contribution in [0.25, 0.3) is 0 Å². The van der Waals surface area contributed by atoms with Gasteiger partial charge in [-0.25, -0.2) is 4.79 Å². The van der Waals surface area contributed by atoms with E-state index in [0.717, 1.165) is 49.9 Å². The van der Waals surface area contributed by atoms with Crippen molar-refractivity contribution >= 4 is 11.9 Å². The smallest absolute Gasteiger partial charge is 0.339 e. The van der Waals surface area contributed by atoms with Crippen LogP contribution in [0.3, 0.4) is 0 Å². The van der Waals surface area contributed by atoms with E-state index in [1.165, 1.54) is 0 Å². The summed E-state index contributed by atoms with van der Waals surface area (Å²) in [6.45, 7) is 7.44. The predicted molar refractivity (Wildman–Crippen MR) is 153 cm³/mol. The number of carbonyl (C=O) groups excluding carboxylic acids is 2. The topological polar surface area (TPSA) is 124 Å². The Hall–Kier alpha value is -2.82. The molecule has 1 aliphatic carbocycles. The highest BCUT2D eigenvalue weighted by molar-refractivity contribution is 5.86. The predicted octanol–water partition coefficient (Wildman–Crippen LogP) is 3.75. The van der Waals surface area contributed by atoms with Crippen molar-refractivity contribution in [2.45, 2.75) is 107 Å². The average molecular weight is 588 g/mol. The summed E-state index contributed by atoms with van der Waals surface area (Å²) in [5.41, 5.74) is -1.42. The van der Waals surface area contributed by atoms with Gasteiger partial charge in [0.15, 0.2) is 23.2 Å². The minimum atomic E-state index is -2.12. The molecule has 1 spiro atoms. The molecular weight excluding hydrogens is 542 g/mol. The molecule has 10 nitrogen and oxygen atoms in total. The van der Waals surface area contributed by atoms with Crippen LogP contribution in [0.2, 0.25) is 0 Å². The summed E-state index contributed by atoms with van der Waals surface area (Å²) in [5.74, 6) is 0.0271. The Bertz CT molecular complexity index is 1210. The van der Waals surface area contributed by atoms with Crippen LogP contribution in [0.15, 0.2) is 24.0 Å². The van der Waals surface area contributed by atoms with Gasteiger partial charge < -0.3 is 33.9 Å². The van der Waals surface area contributed by atoms with Gasteiger partial charge in [-0.2, -0.15) is 0 Å². The molecule has 5 rings (SSSR count). The fourth-order valence-corrected chi connectivity index (χ4v) is 7.02. The lowest BCUT2D eigenvalue weighted by Crippen LogP contribution is -2.49. The Balaban J connectivity index is 1.46. The van der Waals surface area contributed by atoms with Crippen molar-refractivity contribution in [3.63, 3.8) is 0 Å². The Morgan fingerprint density at radius 3 is 2.60 bits per heavy atom. The molecule has 1 saturated heterocycles. The van der Waals surface area contributed by atoms with Gasteiger partial charge in [0.2, 0.25) is 6.79 Å². The van der Waals surface area contributed by atoms with Crippen LogP contribution < -0.4 is 9.47 Å². The first-order valence-corrected chi connectivity index (χ1v) is 15.3. The third-order valence-corrected chi connectivity index (χ3v) is 9.15. The van der Waals surface area contributed by atoms with Crippen LogP contribution in [0.4, 0.5) is 0 Å². The summed E-state index contributed by atoms with van der Waals surface area (Å²) in [5, 5.41) is 22.0. The summed E-state index contributed by atoms with van der Waals surface area (Å²) >= 11 is 0. The summed E-state index contributed by atoms with van der Waals surface area (Å²) in [6.07, 6.45) is 5.53. The number of hydrogen-bond acceptors (Lipinski definition) is 10. The number of unbranched alkanes of at least 4 members (excludes halogenated alkanes) is 1. The zero-order valence-electron chi connectivity index (χ0n) is 25.3. The lowest BCUT2D eigenvalue weighted by atomic mass is 9.77. The van der Waals surface area contributed by atoms with Gasteiger partial charge in [-0.3, -0.25) is 9.69 Å². The normalized spacial score (nSPS) is 25.9. The number of hydrogen-bond donors (Lipinski definition) is 2. The van der Waals surface area contributed by atoms with E-state index < -0.39 is 41.2 Å². The van der Waals surface area contributed by atoms with Crippen LogP contribution in [-0.2, 0) is 30.2 Å². The fraction of sp³-hybridized carbons (Fsp3) is 0.688. The number of esters is 2. The lowest BCUT2D eigenvalue weighted by Gasteiger charge is -2.39. The number of nitrogens with zero attached hydrogens (tertiary/aromatic N) is 1. The molecule has 2 N–H and O–H groups in total. The average Bonchev–Trinajstić information content (AvgIpc) is 3.61. The Labute approximate surface area is 247 Å². The maximum atomic E-state index is 14.0. The molecule has 1 aromatic rings. The number of fused-ring (bicyclic) bond motifs is 3. The zero-order valence-corrected chi connectivity index (χ0v) is 25.3. The first-order chi connectivity index (χ1) is 20.0. The van der Waals surface area contributed by atoms with Gasteiger partial charge in [-0.05, 0) is 94.7 Å². The van der Waals surface area contributed by atoms with Gasteiger partial charge in [0.05, 0.1) is 37.2 Å². The highest BCUT2D eigenvalue weighted by atomic mass is 16.7. The largest absolute Gasteiger partial charge is 0.497 e. The second-order valence-corrected chi connectivity index (χ2v) is 12.7. The lowest BCUT2D eigenvalue weighted by molar-refractivity contribution is -0.179. The van der Waals surface area contributed by atoms with E-state index in [1.54, 1.807) is 21.0 Å². The molecular formula is C32H45NO9. The molecule has 0 aromatic heterocycles. The van der Waals surface area contributed by atoms with E-state index >= 15 is 0 Å². The summed E-state index contributed by atoms with van der Waals surface area (Å²) < 4.78 is 28.8.